The molecule has 1 saturated heterocycles. The predicted molar refractivity (Wildman–Crippen MR) is 132 cm³/mol. The van der Waals surface area contributed by atoms with Gasteiger partial charge in [-0.1, -0.05) is 24.3 Å². The fourth-order valence-electron chi connectivity index (χ4n) is 3.98. The van der Waals surface area contributed by atoms with Gasteiger partial charge in [0.2, 0.25) is 5.89 Å². The van der Waals surface area contributed by atoms with Gasteiger partial charge in [0.25, 0.3) is 5.89 Å². The lowest BCUT2D eigenvalue weighted by atomic mass is 10.0. The lowest BCUT2D eigenvalue weighted by molar-refractivity contribution is 0.476. The van der Waals surface area contributed by atoms with Crippen LogP contribution in [0.2, 0.25) is 0 Å². The molecule has 0 saturated carbocycles. The monoisotopic (exact) mass is 477 g/mol. The molecule has 2 aromatic carbocycles. The Balaban J connectivity index is 1.36. The van der Waals surface area contributed by atoms with Crippen molar-refractivity contribution in [3.63, 3.8) is 0 Å². The predicted octanol–water partition coefficient (Wildman–Crippen LogP) is 5.80. The van der Waals surface area contributed by atoms with Crippen LogP contribution in [0.15, 0.2) is 70.2 Å². The molecule has 4 aromatic rings. The molecule has 5 rings (SSSR count). The van der Waals surface area contributed by atoms with E-state index >= 15 is 0 Å². The van der Waals surface area contributed by atoms with E-state index in [1.807, 2.05) is 12.1 Å². The number of benzene rings is 2. The van der Waals surface area contributed by atoms with Gasteiger partial charge in [-0.3, -0.25) is 14.1 Å². The summed E-state index contributed by atoms with van der Waals surface area (Å²) in [7, 11) is -2.83. The molecule has 3 N–H and O–H groups in total. The Morgan fingerprint density at radius 2 is 1.59 bits per heavy atom. The number of aromatic nitrogens is 4. The van der Waals surface area contributed by atoms with E-state index in [0.717, 1.165) is 24.1 Å². The third kappa shape index (κ3) is 4.47. The average Bonchev–Trinajstić information content (AvgIpc) is 3.57. The van der Waals surface area contributed by atoms with Crippen LogP contribution in [0.5, 0.6) is 0 Å². The minimum Gasteiger partial charge on any atom is -0.415 e. The maximum Gasteiger partial charge on any atom is 0.268 e. The van der Waals surface area contributed by atoms with E-state index in [2.05, 4.69) is 37.6 Å². The van der Waals surface area contributed by atoms with E-state index in [0.29, 0.717) is 28.2 Å². The van der Waals surface area contributed by atoms with E-state index in [1.165, 1.54) is 12.0 Å². The standard InChI is InChI=1S/C25H27N5O3S/c1-16(2)34(31,32)20-11-9-18(10-12-20)22-14-26-15-23(28-22)25-30-29-24(33-25)19-7-5-17(6-8-19)21-4-3-13-27-21/h5-12,14-16,21,27,31-32H,3-4,13H2,1-2H3. The van der Waals surface area contributed by atoms with E-state index in [4.69, 9.17) is 4.42 Å². The topological polar surface area (TPSA) is 117 Å². The van der Waals surface area contributed by atoms with Gasteiger partial charge in [-0.15, -0.1) is 10.2 Å². The van der Waals surface area contributed by atoms with Crippen LogP contribution in [0.1, 0.15) is 38.3 Å². The van der Waals surface area contributed by atoms with Gasteiger partial charge in [-0.2, -0.15) is 10.6 Å². The third-order valence-electron chi connectivity index (χ3n) is 6.05. The van der Waals surface area contributed by atoms with Crippen LogP contribution >= 0.6 is 10.6 Å². The Hall–Kier alpha value is -3.11. The molecule has 9 heteroatoms. The molecular formula is C25H27N5O3S. The molecular weight excluding hydrogens is 450 g/mol. The summed E-state index contributed by atoms with van der Waals surface area (Å²) in [4.78, 5) is 9.42. The molecule has 0 spiro atoms. The zero-order valence-electron chi connectivity index (χ0n) is 19.0. The Morgan fingerprint density at radius 3 is 2.26 bits per heavy atom. The molecule has 176 valence electrons. The average molecular weight is 478 g/mol. The van der Waals surface area contributed by atoms with Crippen molar-refractivity contribution < 1.29 is 13.5 Å². The third-order valence-corrected chi connectivity index (χ3v) is 8.33. The first kappa shape index (κ1) is 22.7. The summed E-state index contributed by atoms with van der Waals surface area (Å²) < 4.78 is 26.6. The van der Waals surface area contributed by atoms with Crippen molar-refractivity contribution in [3.05, 3.63) is 66.5 Å². The van der Waals surface area contributed by atoms with E-state index in [1.54, 1.807) is 50.5 Å². The summed E-state index contributed by atoms with van der Waals surface area (Å²) in [6, 6.07) is 15.6. The molecule has 0 amide bonds. The molecule has 1 aliphatic rings. The molecule has 0 radical (unpaired) electrons. The highest BCUT2D eigenvalue weighted by Crippen LogP contribution is 2.52. The molecule has 3 heterocycles. The second kappa shape index (κ2) is 9.27. The molecule has 0 bridgehead atoms. The highest BCUT2D eigenvalue weighted by atomic mass is 32.3. The second-order valence-corrected chi connectivity index (χ2v) is 11.2. The molecule has 0 aliphatic carbocycles. The van der Waals surface area contributed by atoms with Crippen molar-refractivity contribution in [3.8, 4) is 34.3 Å². The van der Waals surface area contributed by atoms with Crippen LogP contribution in [0.25, 0.3) is 34.3 Å². The van der Waals surface area contributed by atoms with Crippen LogP contribution in [0.3, 0.4) is 0 Å². The minimum absolute atomic E-state index is 0.260. The SMILES string of the molecule is CC(C)S(O)(O)c1ccc(-c2cncc(-c3nnc(-c4ccc(C5CCCN5)cc4)o3)n2)cc1. The van der Waals surface area contributed by atoms with Crippen molar-refractivity contribution in [1.82, 2.24) is 25.5 Å². The first-order chi connectivity index (χ1) is 16.4. The zero-order valence-corrected chi connectivity index (χ0v) is 19.9. The van der Waals surface area contributed by atoms with Crippen LogP contribution < -0.4 is 5.32 Å². The Morgan fingerprint density at radius 1 is 0.912 bits per heavy atom. The van der Waals surface area contributed by atoms with Crippen molar-refractivity contribution in [2.45, 2.75) is 42.9 Å². The summed E-state index contributed by atoms with van der Waals surface area (Å²) in [6.45, 7) is 4.64. The number of hydrogen-bond donors (Lipinski definition) is 3. The van der Waals surface area contributed by atoms with Crippen LogP contribution in [0.4, 0.5) is 0 Å². The minimum atomic E-state index is -2.83. The van der Waals surface area contributed by atoms with Crippen molar-refractivity contribution in [2.75, 3.05) is 6.54 Å². The van der Waals surface area contributed by atoms with Crippen molar-refractivity contribution >= 4 is 10.6 Å². The maximum atomic E-state index is 10.4. The van der Waals surface area contributed by atoms with Gasteiger partial charge in [-0.05, 0) is 63.1 Å². The fraction of sp³-hybridized carbons (Fsp3) is 0.280. The summed E-state index contributed by atoms with van der Waals surface area (Å²) in [6.07, 6.45) is 5.58. The largest absolute Gasteiger partial charge is 0.415 e. The van der Waals surface area contributed by atoms with Crippen molar-refractivity contribution in [2.24, 2.45) is 0 Å². The fourth-order valence-corrected chi connectivity index (χ4v) is 5.06. The van der Waals surface area contributed by atoms with E-state index < -0.39 is 10.6 Å². The van der Waals surface area contributed by atoms with Gasteiger partial charge < -0.3 is 9.73 Å². The van der Waals surface area contributed by atoms with Crippen LogP contribution in [-0.4, -0.2) is 41.1 Å². The molecule has 2 aromatic heterocycles. The molecule has 8 nitrogen and oxygen atoms in total. The van der Waals surface area contributed by atoms with E-state index in [-0.39, 0.29) is 11.1 Å². The summed E-state index contributed by atoms with van der Waals surface area (Å²) in [5, 5.41) is 11.6. The lowest BCUT2D eigenvalue weighted by Crippen LogP contribution is -2.12. The number of nitrogens with zero attached hydrogens (tertiary/aromatic N) is 4. The van der Waals surface area contributed by atoms with E-state index in [9.17, 15) is 9.11 Å². The molecule has 1 unspecified atom stereocenters. The smallest absolute Gasteiger partial charge is 0.268 e. The summed E-state index contributed by atoms with van der Waals surface area (Å²) in [5.74, 6) is 0.716. The Bertz CT molecular complexity index is 1270. The van der Waals surface area contributed by atoms with Gasteiger partial charge in [0.05, 0.1) is 23.0 Å². The quantitative estimate of drug-likeness (QED) is 0.319. The molecule has 1 fully saturated rings. The highest BCUT2D eigenvalue weighted by molar-refractivity contribution is 8.24. The van der Waals surface area contributed by atoms with Crippen molar-refractivity contribution in [1.29, 1.82) is 0 Å². The maximum absolute atomic E-state index is 10.4. The Labute approximate surface area is 199 Å². The lowest BCUT2D eigenvalue weighted by Gasteiger charge is -2.36. The first-order valence-corrected chi connectivity index (χ1v) is 12.9. The molecule has 34 heavy (non-hydrogen) atoms. The molecule has 1 atom stereocenters. The molecule has 1 aliphatic heterocycles. The van der Waals surface area contributed by atoms with Gasteiger partial charge >= 0.3 is 0 Å². The number of rotatable bonds is 6. The first-order valence-electron chi connectivity index (χ1n) is 11.3. The summed E-state index contributed by atoms with van der Waals surface area (Å²) >= 11 is 0. The van der Waals surface area contributed by atoms with Gasteiger partial charge in [0.15, 0.2) is 0 Å². The van der Waals surface area contributed by atoms with Gasteiger partial charge in [0, 0.05) is 22.4 Å². The van der Waals surface area contributed by atoms with Crippen LogP contribution in [-0.2, 0) is 0 Å². The number of nitrogens with one attached hydrogen (secondary N) is 1. The zero-order chi connectivity index (χ0) is 23.7. The normalized spacial score (nSPS) is 16.8. The second-order valence-electron chi connectivity index (χ2n) is 8.64. The van der Waals surface area contributed by atoms with Gasteiger partial charge in [0.1, 0.15) is 5.69 Å². The Kier molecular flexibility index (Phi) is 6.18. The summed E-state index contributed by atoms with van der Waals surface area (Å²) in [5.41, 5.74) is 4.01. The van der Waals surface area contributed by atoms with Gasteiger partial charge in [-0.25, -0.2) is 4.98 Å². The number of hydrogen-bond acceptors (Lipinski definition) is 8. The van der Waals surface area contributed by atoms with Crippen LogP contribution in [0, 0.1) is 0 Å². The highest BCUT2D eigenvalue weighted by Gasteiger charge is 2.20.